The van der Waals surface area contributed by atoms with Gasteiger partial charge in [0.1, 0.15) is 0 Å². The van der Waals surface area contributed by atoms with Crippen LogP contribution in [0.15, 0.2) is 18.2 Å². The number of rotatable bonds is 2. The number of anilines is 1. The van der Waals surface area contributed by atoms with Crippen LogP contribution in [-0.4, -0.2) is 49.7 Å². The van der Waals surface area contributed by atoms with E-state index in [0.717, 1.165) is 9.13 Å². The summed E-state index contributed by atoms with van der Waals surface area (Å²) in [6.45, 7) is 1.84. The number of hydrogen-bond donors (Lipinski definition) is 1. The van der Waals surface area contributed by atoms with Crippen LogP contribution in [-0.2, 0) is 19.4 Å². The number of carbonyl (C=O) groups is 2. The molecule has 0 bridgehead atoms. The van der Waals surface area contributed by atoms with E-state index in [1.54, 1.807) is 6.07 Å². The summed E-state index contributed by atoms with van der Waals surface area (Å²) in [5.41, 5.74) is 1.44. The molecule has 2 rings (SSSR count). The van der Waals surface area contributed by atoms with E-state index in [9.17, 15) is 18.0 Å². The Kier molecular flexibility index (Phi) is 5.10. The summed E-state index contributed by atoms with van der Waals surface area (Å²) in [6, 6.07) is 5.04. The molecule has 1 aromatic rings. The molecule has 120 valence electrons. The Morgan fingerprint density at radius 1 is 1.36 bits per heavy atom. The van der Waals surface area contributed by atoms with Crippen LogP contribution in [0.25, 0.3) is 0 Å². The molecule has 1 saturated heterocycles. The highest BCUT2D eigenvalue weighted by atomic mass is 127. The minimum atomic E-state index is -3.10. The van der Waals surface area contributed by atoms with Gasteiger partial charge in [-0.1, -0.05) is 0 Å². The highest BCUT2D eigenvalue weighted by Gasteiger charge is 2.34. The fourth-order valence-electron chi connectivity index (χ4n) is 2.35. The van der Waals surface area contributed by atoms with Gasteiger partial charge in [0.15, 0.2) is 9.84 Å². The molecule has 1 aliphatic heterocycles. The van der Waals surface area contributed by atoms with Crippen LogP contribution in [0.3, 0.4) is 0 Å². The predicted molar refractivity (Wildman–Crippen MR) is 92.4 cm³/mol. The molecule has 0 radical (unpaired) electrons. The zero-order valence-corrected chi connectivity index (χ0v) is 15.3. The minimum Gasteiger partial charge on any atom is -0.333 e. The fraction of sp³-hybridized carbons (Fsp3) is 0.429. The van der Waals surface area contributed by atoms with Gasteiger partial charge in [-0.2, -0.15) is 0 Å². The first-order chi connectivity index (χ1) is 10.2. The van der Waals surface area contributed by atoms with Crippen molar-refractivity contribution >= 4 is 49.9 Å². The highest BCUT2D eigenvalue weighted by molar-refractivity contribution is 14.1. The van der Waals surface area contributed by atoms with Crippen molar-refractivity contribution in [2.45, 2.75) is 19.4 Å². The highest BCUT2D eigenvalue weighted by Crippen LogP contribution is 2.19. The number of benzene rings is 1. The van der Waals surface area contributed by atoms with Gasteiger partial charge in [0, 0.05) is 22.3 Å². The van der Waals surface area contributed by atoms with E-state index in [4.69, 9.17) is 0 Å². The molecule has 1 unspecified atom stereocenters. The van der Waals surface area contributed by atoms with Gasteiger partial charge >= 0.3 is 11.8 Å². The third kappa shape index (κ3) is 3.97. The summed E-state index contributed by atoms with van der Waals surface area (Å²) in [4.78, 5) is 25.4. The van der Waals surface area contributed by atoms with Crippen LogP contribution in [0.4, 0.5) is 5.69 Å². The normalized spacial score (nSPS) is 19.7. The first-order valence-electron chi connectivity index (χ1n) is 6.74. The number of amides is 2. The van der Waals surface area contributed by atoms with Gasteiger partial charge in [-0.3, -0.25) is 9.59 Å². The Morgan fingerprint density at radius 2 is 2.05 bits per heavy atom. The van der Waals surface area contributed by atoms with Crippen molar-refractivity contribution < 1.29 is 18.0 Å². The van der Waals surface area contributed by atoms with Crippen molar-refractivity contribution in [1.29, 1.82) is 0 Å². The van der Waals surface area contributed by atoms with Gasteiger partial charge in [-0.05, 0) is 59.7 Å². The monoisotopic (exact) mass is 436 g/mol. The molecule has 1 N–H and O–H groups in total. The topological polar surface area (TPSA) is 83.6 Å². The van der Waals surface area contributed by atoms with Crippen LogP contribution in [0, 0.1) is 10.5 Å². The molecular formula is C14H17IN2O4S. The molecule has 1 aromatic carbocycles. The van der Waals surface area contributed by atoms with Gasteiger partial charge in [0.25, 0.3) is 0 Å². The molecule has 1 fully saturated rings. The van der Waals surface area contributed by atoms with Crippen molar-refractivity contribution in [3.05, 3.63) is 27.3 Å². The largest absolute Gasteiger partial charge is 0.333 e. The van der Waals surface area contributed by atoms with Crippen molar-refractivity contribution in [3.63, 3.8) is 0 Å². The lowest BCUT2D eigenvalue weighted by Crippen LogP contribution is -2.44. The van der Waals surface area contributed by atoms with Crippen molar-refractivity contribution in [2.24, 2.45) is 0 Å². The number of sulfone groups is 1. The van der Waals surface area contributed by atoms with Gasteiger partial charge in [-0.15, -0.1) is 0 Å². The lowest BCUT2D eigenvalue weighted by atomic mass is 10.2. The van der Waals surface area contributed by atoms with Crippen LogP contribution < -0.4 is 5.32 Å². The smallest absolute Gasteiger partial charge is 0.313 e. The Bertz CT molecular complexity index is 718. The Hall–Kier alpha value is -1.16. The second-order valence-corrected chi connectivity index (χ2v) is 8.86. The third-order valence-electron chi connectivity index (χ3n) is 3.71. The zero-order chi connectivity index (χ0) is 16.5. The van der Waals surface area contributed by atoms with E-state index >= 15 is 0 Å². The quantitative estimate of drug-likeness (QED) is 0.558. The van der Waals surface area contributed by atoms with E-state index < -0.39 is 27.7 Å². The number of hydrogen-bond acceptors (Lipinski definition) is 4. The standard InChI is InChI=1S/C14H17IN2O4S/c1-9-7-10(15)3-4-12(9)16-13(18)14(19)17(2)11-5-6-22(20,21)8-11/h3-4,7,11H,5-6,8H2,1-2H3,(H,16,18). The number of likely N-dealkylation sites (N-methyl/N-ethyl adjacent to an activating group) is 1. The SMILES string of the molecule is Cc1cc(I)ccc1NC(=O)C(=O)N(C)C1CCS(=O)(=O)C1. The predicted octanol–water partition coefficient (Wildman–Crippen LogP) is 1.18. The summed E-state index contributed by atoms with van der Waals surface area (Å²) in [5, 5.41) is 2.58. The zero-order valence-electron chi connectivity index (χ0n) is 12.3. The number of nitrogens with one attached hydrogen (secondary N) is 1. The summed E-state index contributed by atoms with van der Waals surface area (Å²) < 4.78 is 24.0. The summed E-state index contributed by atoms with van der Waals surface area (Å²) >= 11 is 2.16. The van der Waals surface area contributed by atoms with Crippen molar-refractivity contribution in [1.82, 2.24) is 4.90 Å². The molecule has 2 amide bonds. The van der Waals surface area contributed by atoms with Gasteiger partial charge in [0.05, 0.1) is 11.5 Å². The van der Waals surface area contributed by atoms with Crippen LogP contribution in [0.1, 0.15) is 12.0 Å². The molecule has 0 aliphatic carbocycles. The molecule has 0 aromatic heterocycles. The average molecular weight is 436 g/mol. The van der Waals surface area contributed by atoms with E-state index in [1.807, 2.05) is 19.1 Å². The maximum Gasteiger partial charge on any atom is 0.313 e. The third-order valence-corrected chi connectivity index (χ3v) is 6.13. The number of carbonyl (C=O) groups excluding carboxylic acids is 2. The van der Waals surface area contributed by atoms with E-state index in [-0.39, 0.29) is 11.5 Å². The van der Waals surface area contributed by atoms with Crippen LogP contribution >= 0.6 is 22.6 Å². The Balaban J connectivity index is 2.04. The molecule has 6 nitrogen and oxygen atoms in total. The lowest BCUT2D eigenvalue weighted by molar-refractivity contribution is -0.143. The molecular weight excluding hydrogens is 419 g/mol. The summed E-state index contributed by atoms with van der Waals surface area (Å²) in [6.07, 6.45) is 0.375. The second kappa shape index (κ2) is 6.53. The molecule has 8 heteroatoms. The molecule has 0 spiro atoms. The second-order valence-electron chi connectivity index (χ2n) is 5.39. The number of aryl methyl sites for hydroxylation is 1. The van der Waals surface area contributed by atoms with Crippen LogP contribution in [0.5, 0.6) is 0 Å². The lowest BCUT2D eigenvalue weighted by Gasteiger charge is -2.22. The van der Waals surface area contributed by atoms with Gasteiger partial charge in [0.2, 0.25) is 0 Å². The first-order valence-corrected chi connectivity index (χ1v) is 9.64. The van der Waals surface area contributed by atoms with E-state index in [2.05, 4.69) is 27.9 Å². The van der Waals surface area contributed by atoms with E-state index in [1.165, 1.54) is 11.9 Å². The molecule has 1 atom stereocenters. The maximum atomic E-state index is 12.1. The minimum absolute atomic E-state index is 0.0626. The average Bonchev–Trinajstić information content (AvgIpc) is 2.80. The maximum absolute atomic E-state index is 12.1. The van der Waals surface area contributed by atoms with E-state index in [0.29, 0.717) is 12.1 Å². The van der Waals surface area contributed by atoms with Crippen molar-refractivity contribution in [3.8, 4) is 0 Å². The Morgan fingerprint density at radius 3 is 2.59 bits per heavy atom. The number of halogens is 1. The molecule has 22 heavy (non-hydrogen) atoms. The summed E-state index contributed by atoms with van der Waals surface area (Å²) in [7, 11) is -1.63. The molecule has 1 aliphatic rings. The van der Waals surface area contributed by atoms with Crippen LogP contribution in [0.2, 0.25) is 0 Å². The van der Waals surface area contributed by atoms with Crippen molar-refractivity contribution in [2.75, 3.05) is 23.9 Å². The number of nitrogens with zero attached hydrogens (tertiary/aromatic N) is 1. The van der Waals surface area contributed by atoms with Gasteiger partial charge < -0.3 is 10.2 Å². The summed E-state index contributed by atoms with van der Waals surface area (Å²) in [5.74, 6) is -1.49. The molecule has 1 heterocycles. The fourth-order valence-corrected chi connectivity index (χ4v) is 4.77. The molecule has 0 saturated carbocycles. The van der Waals surface area contributed by atoms with Gasteiger partial charge in [-0.25, -0.2) is 8.42 Å². The Labute approximate surface area is 143 Å². The first kappa shape index (κ1) is 17.2.